The summed E-state index contributed by atoms with van der Waals surface area (Å²) < 4.78 is 1.47. The summed E-state index contributed by atoms with van der Waals surface area (Å²) in [4.78, 5) is 30.0. The molecule has 3 rings (SSSR count). The van der Waals surface area contributed by atoms with Gasteiger partial charge in [-0.25, -0.2) is 4.98 Å². The molecule has 3 aromatic rings. The first-order valence-corrected chi connectivity index (χ1v) is 7.17. The highest BCUT2D eigenvalue weighted by atomic mass is 16.6. The monoisotopic (exact) mass is 313 g/mol. The molecule has 0 bridgehead atoms. The standard InChI is InChI=1S/C15H15N5O3/c1-3-11(9-5-4-6-10(7-9)20(22)23)14-17-12-8-16-19(2)13(12)15(21)18-14/h4-8,11H,3H2,1-2H3,(H,17,18,21). The molecule has 0 saturated heterocycles. The summed E-state index contributed by atoms with van der Waals surface area (Å²) in [6.45, 7) is 1.94. The predicted molar refractivity (Wildman–Crippen MR) is 84.4 cm³/mol. The van der Waals surface area contributed by atoms with E-state index in [2.05, 4.69) is 15.1 Å². The van der Waals surface area contributed by atoms with E-state index in [1.165, 1.54) is 23.0 Å². The Morgan fingerprint density at radius 1 is 1.43 bits per heavy atom. The molecule has 0 aliphatic rings. The molecule has 1 atom stereocenters. The minimum atomic E-state index is -0.434. The van der Waals surface area contributed by atoms with Crippen LogP contribution in [0.2, 0.25) is 0 Å². The lowest BCUT2D eigenvalue weighted by Gasteiger charge is -2.14. The number of benzene rings is 1. The van der Waals surface area contributed by atoms with Crippen LogP contribution in [0, 0.1) is 10.1 Å². The van der Waals surface area contributed by atoms with Crippen molar-refractivity contribution in [1.82, 2.24) is 19.7 Å². The Hall–Kier alpha value is -3.03. The molecular formula is C15H15N5O3. The highest BCUT2D eigenvalue weighted by molar-refractivity contribution is 5.72. The third-order valence-electron chi connectivity index (χ3n) is 3.84. The number of fused-ring (bicyclic) bond motifs is 1. The third kappa shape index (κ3) is 2.59. The van der Waals surface area contributed by atoms with Gasteiger partial charge in [-0.15, -0.1) is 0 Å². The van der Waals surface area contributed by atoms with Crippen molar-refractivity contribution in [3.05, 3.63) is 62.3 Å². The Balaban J connectivity index is 2.13. The molecular weight excluding hydrogens is 298 g/mol. The molecule has 0 aliphatic carbocycles. The molecule has 0 fully saturated rings. The molecule has 1 N–H and O–H groups in total. The summed E-state index contributed by atoms with van der Waals surface area (Å²) in [6, 6.07) is 6.39. The Morgan fingerprint density at radius 3 is 2.91 bits per heavy atom. The Labute approximate surface area is 130 Å². The van der Waals surface area contributed by atoms with Crippen molar-refractivity contribution in [3.8, 4) is 0 Å². The second-order valence-corrected chi connectivity index (χ2v) is 5.27. The number of nitro groups is 1. The molecule has 1 unspecified atom stereocenters. The van der Waals surface area contributed by atoms with Crippen LogP contribution in [-0.2, 0) is 7.05 Å². The van der Waals surface area contributed by atoms with Gasteiger partial charge in [0, 0.05) is 25.1 Å². The first kappa shape index (κ1) is 14.9. The van der Waals surface area contributed by atoms with Gasteiger partial charge >= 0.3 is 0 Å². The second kappa shape index (κ2) is 5.64. The first-order valence-electron chi connectivity index (χ1n) is 7.17. The molecule has 23 heavy (non-hydrogen) atoms. The molecule has 0 radical (unpaired) electrons. The fraction of sp³-hybridized carbons (Fsp3) is 0.267. The minimum Gasteiger partial charge on any atom is -0.308 e. The van der Waals surface area contributed by atoms with E-state index in [9.17, 15) is 14.9 Å². The van der Waals surface area contributed by atoms with Gasteiger partial charge in [-0.3, -0.25) is 19.6 Å². The van der Waals surface area contributed by atoms with Crippen LogP contribution in [-0.4, -0.2) is 24.7 Å². The zero-order valence-corrected chi connectivity index (χ0v) is 12.7. The van der Waals surface area contributed by atoms with Crippen LogP contribution < -0.4 is 5.56 Å². The van der Waals surface area contributed by atoms with E-state index in [1.54, 1.807) is 19.2 Å². The van der Waals surface area contributed by atoms with Crippen LogP contribution in [0.15, 0.2) is 35.3 Å². The maximum Gasteiger partial charge on any atom is 0.277 e. The van der Waals surface area contributed by atoms with E-state index in [0.717, 1.165) is 5.56 Å². The summed E-state index contributed by atoms with van der Waals surface area (Å²) in [5.74, 6) is 0.255. The number of hydrogen-bond acceptors (Lipinski definition) is 5. The number of H-pyrrole nitrogens is 1. The number of nitrogens with one attached hydrogen (secondary N) is 1. The smallest absolute Gasteiger partial charge is 0.277 e. The predicted octanol–water partition coefficient (Wildman–Crippen LogP) is 2.11. The third-order valence-corrected chi connectivity index (χ3v) is 3.84. The van der Waals surface area contributed by atoms with Gasteiger partial charge in [-0.1, -0.05) is 19.1 Å². The van der Waals surface area contributed by atoms with E-state index in [0.29, 0.717) is 23.3 Å². The lowest BCUT2D eigenvalue weighted by atomic mass is 9.95. The molecule has 0 aliphatic heterocycles. The van der Waals surface area contributed by atoms with Crippen LogP contribution in [0.25, 0.3) is 11.0 Å². The molecule has 1 aromatic carbocycles. The van der Waals surface area contributed by atoms with Gasteiger partial charge < -0.3 is 4.98 Å². The van der Waals surface area contributed by atoms with E-state index in [1.807, 2.05) is 6.92 Å². The number of nitro benzene ring substituents is 1. The van der Waals surface area contributed by atoms with Gasteiger partial charge in [0.2, 0.25) is 0 Å². The average Bonchev–Trinajstić information content (AvgIpc) is 2.90. The van der Waals surface area contributed by atoms with Crippen molar-refractivity contribution >= 4 is 16.7 Å². The number of aromatic amines is 1. The largest absolute Gasteiger partial charge is 0.308 e. The molecule has 2 heterocycles. The number of aromatic nitrogens is 4. The van der Waals surface area contributed by atoms with Crippen LogP contribution in [0.1, 0.15) is 30.7 Å². The molecule has 2 aromatic heterocycles. The molecule has 118 valence electrons. The summed E-state index contributed by atoms with van der Waals surface area (Å²) in [5, 5.41) is 15.0. The zero-order chi connectivity index (χ0) is 16.6. The Kier molecular flexibility index (Phi) is 3.65. The van der Waals surface area contributed by atoms with Crippen molar-refractivity contribution in [1.29, 1.82) is 0 Å². The summed E-state index contributed by atoms with van der Waals surface area (Å²) in [6.07, 6.45) is 2.18. The number of hydrogen-bond donors (Lipinski definition) is 1. The summed E-state index contributed by atoms with van der Waals surface area (Å²) in [7, 11) is 1.68. The number of non-ortho nitro benzene ring substituents is 1. The minimum absolute atomic E-state index is 0.0192. The van der Waals surface area contributed by atoms with Crippen molar-refractivity contribution < 1.29 is 4.92 Å². The van der Waals surface area contributed by atoms with Crippen LogP contribution in [0.5, 0.6) is 0 Å². The second-order valence-electron chi connectivity index (χ2n) is 5.27. The van der Waals surface area contributed by atoms with E-state index < -0.39 is 4.92 Å². The Morgan fingerprint density at radius 2 is 2.22 bits per heavy atom. The SMILES string of the molecule is CCC(c1cccc([N+](=O)[O-])c1)c1nc2cnn(C)c2c(=O)[nH]1. The van der Waals surface area contributed by atoms with Crippen LogP contribution in [0.4, 0.5) is 5.69 Å². The van der Waals surface area contributed by atoms with Gasteiger partial charge in [0.05, 0.1) is 11.1 Å². The molecule has 8 heteroatoms. The molecule has 0 amide bonds. The summed E-state index contributed by atoms with van der Waals surface area (Å²) in [5.41, 5.74) is 1.41. The first-order chi connectivity index (χ1) is 11.0. The van der Waals surface area contributed by atoms with Gasteiger partial charge in [-0.05, 0) is 12.0 Å². The van der Waals surface area contributed by atoms with Crippen LogP contribution >= 0.6 is 0 Å². The number of nitrogens with zero attached hydrogens (tertiary/aromatic N) is 4. The van der Waals surface area contributed by atoms with E-state index in [4.69, 9.17) is 0 Å². The van der Waals surface area contributed by atoms with Crippen molar-refractivity contribution in [3.63, 3.8) is 0 Å². The van der Waals surface area contributed by atoms with Gasteiger partial charge in [0.1, 0.15) is 11.3 Å². The lowest BCUT2D eigenvalue weighted by Crippen LogP contribution is -2.17. The zero-order valence-electron chi connectivity index (χ0n) is 12.7. The lowest BCUT2D eigenvalue weighted by molar-refractivity contribution is -0.384. The maximum atomic E-state index is 12.2. The summed E-state index contributed by atoms with van der Waals surface area (Å²) >= 11 is 0. The fourth-order valence-corrected chi connectivity index (χ4v) is 2.71. The average molecular weight is 313 g/mol. The molecule has 0 saturated carbocycles. The normalized spacial score (nSPS) is 12.4. The van der Waals surface area contributed by atoms with Crippen molar-refractivity contribution in [2.75, 3.05) is 0 Å². The van der Waals surface area contributed by atoms with Gasteiger partial charge in [0.25, 0.3) is 11.2 Å². The van der Waals surface area contributed by atoms with Crippen LogP contribution in [0.3, 0.4) is 0 Å². The number of aryl methyl sites for hydroxylation is 1. The molecule has 0 spiro atoms. The van der Waals surface area contributed by atoms with Gasteiger partial charge in [0.15, 0.2) is 5.52 Å². The highest BCUT2D eigenvalue weighted by Crippen LogP contribution is 2.28. The van der Waals surface area contributed by atoms with E-state index in [-0.39, 0.29) is 17.2 Å². The molecule has 8 nitrogen and oxygen atoms in total. The highest BCUT2D eigenvalue weighted by Gasteiger charge is 2.19. The quantitative estimate of drug-likeness (QED) is 0.586. The van der Waals surface area contributed by atoms with Crippen molar-refractivity contribution in [2.45, 2.75) is 19.3 Å². The topological polar surface area (TPSA) is 107 Å². The van der Waals surface area contributed by atoms with Crippen molar-refractivity contribution in [2.24, 2.45) is 7.05 Å². The Bertz CT molecular complexity index is 944. The van der Waals surface area contributed by atoms with E-state index >= 15 is 0 Å². The fourth-order valence-electron chi connectivity index (χ4n) is 2.71. The maximum absolute atomic E-state index is 12.2. The number of rotatable bonds is 4. The van der Waals surface area contributed by atoms with Gasteiger partial charge in [-0.2, -0.15) is 5.10 Å².